The Kier molecular flexibility index (Phi) is 7.30. The van der Waals surface area contributed by atoms with Crippen LogP contribution < -0.4 is 14.8 Å². The monoisotopic (exact) mass is 455 g/mol. The Hall–Kier alpha value is -4.04. The Bertz CT molecular complexity index is 1150. The molecule has 0 saturated heterocycles. The number of carboxylic acid groups (broad SMARTS) is 2. The van der Waals surface area contributed by atoms with Crippen LogP contribution in [-0.2, 0) is 11.4 Å². The number of carboxylic acids is 2. The molecule has 164 valence electrons. The molecule has 0 aromatic heterocycles. The quantitative estimate of drug-likeness (QED) is 0.438. The van der Waals surface area contributed by atoms with Crippen molar-refractivity contribution in [3.63, 3.8) is 0 Å². The molecular weight excluding hydrogens is 438 g/mol. The van der Waals surface area contributed by atoms with Gasteiger partial charge >= 0.3 is 11.9 Å². The molecule has 3 rings (SSSR count). The lowest BCUT2D eigenvalue weighted by molar-refractivity contribution is -0.139. The van der Waals surface area contributed by atoms with E-state index in [4.69, 9.17) is 26.2 Å². The number of hydrogen-bond donors (Lipinski definition) is 3. The van der Waals surface area contributed by atoms with Gasteiger partial charge in [0.05, 0.1) is 16.8 Å². The van der Waals surface area contributed by atoms with Crippen molar-refractivity contribution in [1.82, 2.24) is 0 Å². The van der Waals surface area contributed by atoms with Crippen molar-refractivity contribution in [3.05, 3.63) is 88.4 Å². The van der Waals surface area contributed by atoms with E-state index in [1.807, 2.05) is 0 Å². The SMILES string of the molecule is O=C(O)COc1ccccc1C(=O)Nc1c(OCc2ccc(Cl)cc2)cccc1C(=O)O. The van der Waals surface area contributed by atoms with Crippen LogP contribution in [0.1, 0.15) is 26.3 Å². The molecule has 0 aliphatic rings. The van der Waals surface area contributed by atoms with Crippen LogP contribution in [0.15, 0.2) is 66.7 Å². The van der Waals surface area contributed by atoms with E-state index in [-0.39, 0.29) is 34.9 Å². The van der Waals surface area contributed by atoms with Crippen LogP contribution in [0.25, 0.3) is 0 Å². The average Bonchev–Trinajstić information content (AvgIpc) is 2.78. The highest BCUT2D eigenvalue weighted by atomic mass is 35.5. The lowest BCUT2D eigenvalue weighted by atomic mass is 10.1. The Morgan fingerprint density at radius 1 is 0.812 bits per heavy atom. The van der Waals surface area contributed by atoms with Gasteiger partial charge in [0.25, 0.3) is 5.91 Å². The van der Waals surface area contributed by atoms with Gasteiger partial charge in [-0.25, -0.2) is 9.59 Å². The number of carbonyl (C=O) groups excluding carboxylic acids is 1. The zero-order chi connectivity index (χ0) is 23.1. The second-order valence-corrected chi connectivity index (χ2v) is 6.97. The number of aliphatic carboxylic acids is 1. The molecule has 0 bridgehead atoms. The van der Waals surface area contributed by atoms with Crippen molar-refractivity contribution in [3.8, 4) is 11.5 Å². The third-order valence-corrected chi connectivity index (χ3v) is 4.54. The maximum Gasteiger partial charge on any atom is 0.341 e. The number of para-hydroxylation sites is 2. The van der Waals surface area contributed by atoms with E-state index in [2.05, 4.69) is 5.32 Å². The van der Waals surface area contributed by atoms with E-state index in [1.165, 1.54) is 30.3 Å². The van der Waals surface area contributed by atoms with Gasteiger partial charge in [0.15, 0.2) is 6.61 Å². The number of anilines is 1. The minimum atomic E-state index is -1.26. The first-order valence-corrected chi connectivity index (χ1v) is 9.71. The van der Waals surface area contributed by atoms with Crippen LogP contribution in [0, 0.1) is 0 Å². The molecular formula is C23H18ClNO7. The summed E-state index contributed by atoms with van der Waals surface area (Å²) < 4.78 is 10.9. The Morgan fingerprint density at radius 2 is 1.47 bits per heavy atom. The summed E-state index contributed by atoms with van der Waals surface area (Å²) in [5.74, 6) is -2.95. The van der Waals surface area contributed by atoms with Gasteiger partial charge in [0.1, 0.15) is 18.1 Å². The number of hydrogen-bond acceptors (Lipinski definition) is 5. The molecule has 32 heavy (non-hydrogen) atoms. The van der Waals surface area contributed by atoms with Crippen LogP contribution in [0.3, 0.4) is 0 Å². The van der Waals surface area contributed by atoms with Crippen LogP contribution in [-0.4, -0.2) is 34.7 Å². The van der Waals surface area contributed by atoms with E-state index in [0.29, 0.717) is 5.02 Å². The second-order valence-electron chi connectivity index (χ2n) is 6.53. The number of carbonyl (C=O) groups is 3. The van der Waals surface area contributed by atoms with Crippen LogP contribution in [0.5, 0.6) is 11.5 Å². The fourth-order valence-electron chi connectivity index (χ4n) is 2.80. The van der Waals surface area contributed by atoms with Crippen LogP contribution in [0.2, 0.25) is 5.02 Å². The van der Waals surface area contributed by atoms with Gasteiger partial charge in [-0.1, -0.05) is 41.9 Å². The van der Waals surface area contributed by atoms with Gasteiger partial charge in [-0.3, -0.25) is 4.79 Å². The molecule has 9 heteroatoms. The van der Waals surface area contributed by atoms with Gasteiger partial charge in [-0.05, 0) is 42.0 Å². The number of amides is 1. The summed E-state index contributed by atoms with van der Waals surface area (Å²) in [6.07, 6.45) is 0. The van der Waals surface area contributed by atoms with E-state index in [9.17, 15) is 19.5 Å². The zero-order valence-electron chi connectivity index (χ0n) is 16.6. The molecule has 0 aliphatic carbocycles. The normalized spacial score (nSPS) is 10.3. The number of rotatable bonds is 9. The predicted octanol–water partition coefficient (Wildman–Crippen LogP) is 4.33. The lowest BCUT2D eigenvalue weighted by Gasteiger charge is -2.16. The zero-order valence-corrected chi connectivity index (χ0v) is 17.3. The highest BCUT2D eigenvalue weighted by molar-refractivity contribution is 6.30. The van der Waals surface area contributed by atoms with Gasteiger partial charge in [0.2, 0.25) is 0 Å². The fraction of sp³-hybridized carbons (Fsp3) is 0.0870. The molecule has 1 amide bonds. The number of benzene rings is 3. The second kappa shape index (κ2) is 10.3. The third kappa shape index (κ3) is 5.77. The molecule has 0 fully saturated rings. The first-order chi connectivity index (χ1) is 15.3. The molecule has 0 aliphatic heterocycles. The fourth-order valence-corrected chi connectivity index (χ4v) is 2.93. The smallest absolute Gasteiger partial charge is 0.341 e. The van der Waals surface area contributed by atoms with Crippen molar-refractivity contribution >= 4 is 35.1 Å². The highest BCUT2D eigenvalue weighted by Gasteiger charge is 2.20. The van der Waals surface area contributed by atoms with E-state index in [1.54, 1.807) is 36.4 Å². The molecule has 3 aromatic rings. The van der Waals surface area contributed by atoms with Crippen LogP contribution >= 0.6 is 11.6 Å². The van der Waals surface area contributed by atoms with Crippen molar-refractivity contribution in [2.75, 3.05) is 11.9 Å². The summed E-state index contributed by atoms with van der Waals surface area (Å²) in [4.78, 5) is 35.5. The van der Waals surface area contributed by atoms with Gasteiger partial charge in [0, 0.05) is 5.02 Å². The molecule has 3 N–H and O–H groups in total. The Balaban J connectivity index is 1.88. The van der Waals surface area contributed by atoms with Crippen molar-refractivity contribution in [1.29, 1.82) is 0 Å². The average molecular weight is 456 g/mol. The van der Waals surface area contributed by atoms with Crippen molar-refractivity contribution in [2.45, 2.75) is 6.61 Å². The molecule has 0 unspecified atom stereocenters. The maximum absolute atomic E-state index is 12.9. The standard InChI is InChI=1S/C23H18ClNO7/c24-15-10-8-14(9-11-15)12-31-19-7-3-5-17(23(29)30)21(19)25-22(28)16-4-1-2-6-18(16)32-13-20(26)27/h1-11H,12-13H2,(H,25,28)(H,26,27)(H,29,30). The summed E-state index contributed by atoms with van der Waals surface area (Å²) in [7, 11) is 0. The molecule has 0 saturated carbocycles. The topological polar surface area (TPSA) is 122 Å². The van der Waals surface area contributed by atoms with Gasteiger partial charge in [-0.2, -0.15) is 0 Å². The third-order valence-electron chi connectivity index (χ3n) is 4.29. The first kappa shape index (κ1) is 22.6. The molecule has 0 spiro atoms. The summed E-state index contributed by atoms with van der Waals surface area (Å²) in [5.41, 5.74) is 0.625. The largest absolute Gasteiger partial charge is 0.487 e. The van der Waals surface area contributed by atoms with Crippen molar-refractivity contribution < 1.29 is 34.1 Å². The van der Waals surface area contributed by atoms with E-state index in [0.717, 1.165) is 5.56 Å². The van der Waals surface area contributed by atoms with Gasteiger partial charge in [-0.15, -0.1) is 0 Å². The molecule has 0 radical (unpaired) electrons. The molecule has 8 nitrogen and oxygen atoms in total. The minimum Gasteiger partial charge on any atom is -0.487 e. The summed E-state index contributed by atoms with van der Waals surface area (Å²) in [6.45, 7) is -0.521. The number of halogens is 1. The van der Waals surface area contributed by atoms with Crippen molar-refractivity contribution in [2.24, 2.45) is 0 Å². The predicted molar refractivity (Wildman–Crippen MR) is 117 cm³/mol. The summed E-state index contributed by atoms with van der Waals surface area (Å²) in [5, 5.41) is 21.5. The maximum atomic E-state index is 12.9. The number of ether oxygens (including phenoxy) is 2. The highest BCUT2D eigenvalue weighted by Crippen LogP contribution is 2.31. The summed E-state index contributed by atoms with van der Waals surface area (Å²) >= 11 is 5.88. The molecule has 0 atom stereocenters. The summed E-state index contributed by atoms with van der Waals surface area (Å²) in [6, 6.07) is 17.3. The number of nitrogens with one attached hydrogen (secondary N) is 1. The van der Waals surface area contributed by atoms with Gasteiger partial charge < -0.3 is 25.0 Å². The van der Waals surface area contributed by atoms with E-state index < -0.39 is 24.5 Å². The lowest BCUT2D eigenvalue weighted by Crippen LogP contribution is -2.18. The molecule has 3 aromatic carbocycles. The first-order valence-electron chi connectivity index (χ1n) is 9.33. The van der Waals surface area contributed by atoms with E-state index >= 15 is 0 Å². The Labute approximate surface area is 188 Å². The Morgan fingerprint density at radius 3 is 2.16 bits per heavy atom. The minimum absolute atomic E-state index is 0.0352. The van der Waals surface area contributed by atoms with Crippen LogP contribution in [0.4, 0.5) is 5.69 Å². The number of aromatic carboxylic acids is 1. The molecule has 0 heterocycles.